The lowest BCUT2D eigenvalue weighted by Crippen LogP contribution is -2.72. The van der Waals surface area contributed by atoms with Gasteiger partial charge < -0.3 is 224 Å². The molecule has 9 saturated heterocycles. The topological polar surface area (TPSA) is 759 Å². The molecule has 9 heterocycles. The van der Waals surface area contributed by atoms with Gasteiger partial charge in [0.05, 0.1) is 59.0 Å². The fourth-order valence-electron chi connectivity index (χ4n) is 14.4. The maximum Gasteiger partial charge on any atom is 0.217 e. The molecule has 49 nitrogen and oxygen atoms in total. The van der Waals surface area contributed by atoms with E-state index in [4.69, 9.17) is 80.5 Å². The van der Waals surface area contributed by atoms with Crippen molar-refractivity contribution in [1.29, 1.82) is 0 Å². The van der Waals surface area contributed by atoms with Crippen LogP contribution >= 0.6 is 0 Å². The summed E-state index contributed by atoms with van der Waals surface area (Å²) in [6.45, 7) is -4.06. The summed E-state index contributed by atoms with van der Waals surface area (Å²) in [6.07, 6.45) is -86.8. The Bertz CT molecular complexity index is 2950. The van der Waals surface area contributed by atoms with Crippen molar-refractivity contribution >= 4 is 23.6 Å². The number of hydrogen-bond acceptors (Lipinski definition) is 45. The van der Waals surface area contributed by atoms with Crippen LogP contribution in [0.25, 0.3) is 0 Å². The van der Waals surface area contributed by atoms with Crippen LogP contribution in [-0.4, -0.2) is 475 Å². The monoisotopic (exact) mass is 1620 g/mol. The lowest BCUT2D eigenvalue weighted by molar-refractivity contribution is -0.410. The summed E-state index contributed by atoms with van der Waals surface area (Å²) >= 11 is 0. The molecule has 0 radical (unpaired) electrons. The van der Waals surface area contributed by atoms with E-state index >= 15 is 0 Å². The van der Waals surface area contributed by atoms with Crippen molar-refractivity contribution in [2.45, 2.75) is 311 Å². The average molecular weight is 1630 g/mol. The molecular weight excluding hydrogens is 1520 g/mol. The van der Waals surface area contributed by atoms with Crippen molar-refractivity contribution in [2.24, 2.45) is 0 Å². The van der Waals surface area contributed by atoms with E-state index in [0.717, 1.165) is 27.7 Å². The van der Waals surface area contributed by atoms with E-state index in [0.29, 0.717) is 0 Å². The smallest absolute Gasteiger partial charge is 0.217 e. The van der Waals surface area contributed by atoms with Crippen LogP contribution in [0.1, 0.15) is 34.6 Å². The number of carbonyl (C=O) groups excluding carboxylic acids is 4. The van der Waals surface area contributed by atoms with Gasteiger partial charge in [-0.15, -0.1) is 0 Å². The van der Waals surface area contributed by atoms with Crippen LogP contribution in [0.2, 0.25) is 0 Å². The number of aliphatic hydroxyl groups is 24. The minimum absolute atomic E-state index is 0.793. The first-order chi connectivity index (χ1) is 52.5. The van der Waals surface area contributed by atoms with Crippen molar-refractivity contribution in [3.8, 4) is 0 Å². The zero-order valence-corrected chi connectivity index (χ0v) is 59.9. The Balaban J connectivity index is 1.16. The molecule has 642 valence electrons. The number of carbonyl (C=O) groups is 4. The second kappa shape index (κ2) is 39.7. The number of hydrogen-bond donors (Lipinski definition) is 28. The van der Waals surface area contributed by atoms with E-state index in [1.54, 1.807) is 0 Å². The van der Waals surface area contributed by atoms with Crippen LogP contribution in [0.5, 0.6) is 0 Å². The minimum Gasteiger partial charge on any atom is -0.394 e. The Labute approximate surface area is 629 Å². The summed E-state index contributed by atoms with van der Waals surface area (Å²) in [5.41, 5.74) is 0. The highest BCUT2D eigenvalue weighted by Crippen LogP contribution is 2.41. The fraction of sp³-hybridized carbons (Fsp3) is 0.935. The molecule has 1 unspecified atom stereocenters. The molecule has 0 spiro atoms. The molecule has 9 rings (SSSR count). The SMILES string of the molecule is CC(=O)N[C@H]1[C@H](O[C@H]2[C@H](O)[C@@H](NC(C)=O)C(O)O[C@@H]2CO)O[C@H](CO)[C@@H](O[C@@H]2O[C@H](CO[C@H]3O[C@H](CO)[C@@H](O)[C@H](O)[C@@H]3O)[C@@H](O[C@@H]3O[C@H](CO)[C@@H](O)[C@H](O)[C@H]3NC(C)=O)[C@H](O[C@H]3O[C@H](CO)[C@@H](O)[C@H](O)[C@@H]3O[C@@H]3O[C@H](CO)[C@@H](O[C@@H]4O[C@H](CO)[C@H](O)[C@H](O)[C@H]4O)[C@H](O[C@@H]4O[C@@H](C)[C@@H](O)[C@@H](O)[C@@H]4O)[C@H]3NC(C)=O)[C@@H]2O)[C@@H]1O. The Hall–Kier alpha value is -3.76. The summed E-state index contributed by atoms with van der Waals surface area (Å²) in [5, 5.41) is 277. The van der Waals surface area contributed by atoms with Gasteiger partial charge in [0, 0.05) is 27.7 Å². The fourth-order valence-corrected chi connectivity index (χ4v) is 14.4. The second-order valence-electron chi connectivity index (χ2n) is 28.1. The molecule has 0 aromatic carbocycles. The Morgan fingerprint density at radius 1 is 0.252 bits per heavy atom. The highest BCUT2D eigenvalue weighted by atomic mass is 16.8. The number of nitrogens with one attached hydrogen (secondary N) is 4. The van der Waals surface area contributed by atoms with Gasteiger partial charge in [-0.2, -0.15) is 0 Å². The predicted molar refractivity (Wildman–Crippen MR) is 342 cm³/mol. The van der Waals surface area contributed by atoms with E-state index < -0.39 is 353 Å². The van der Waals surface area contributed by atoms with Gasteiger partial charge in [-0.05, 0) is 6.92 Å². The van der Waals surface area contributed by atoms with E-state index in [2.05, 4.69) is 21.3 Å². The lowest BCUT2D eigenvalue weighted by atomic mass is 9.93. The summed E-state index contributed by atoms with van der Waals surface area (Å²) in [4.78, 5) is 51.8. The maximum absolute atomic E-state index is 13.6. The Kier molecular flexibility index (Phi) is 32.6. The molecule has 9 aliphatic rings. The first kappa shape index (κ1) is 91.1. The molecule has 0 saturated carbocycles. The van der Waals surface area contributed by atoms with Crippen LogP contribution in [0.3, 0.4) is 0 Å². The van der Waals surface area contributed by atoms with E-state index in [-0.39, 0.29) is 0 Å². The minimum atomic E-state index is -2.68. The molecule has 0 aromatic rings. The number of rotatable bonds is 28. The van der Waals surface area contributed by atoms with Gasteiger partial charge in [-0.3, -0.25) is 19.2 Å². The van der Waals surface area contributed by atoms with Gasteiger partial charge in [0.25, 0.3) is 0 Å². The van der Waals surface area contributed by atoms with Gasteiger partial charge in [0.15, 0.2) is 56.6 Å². The Morgan fingerprint density at radius 2 is 0.559 bits per heavy atom. The maximum atomic E-state index is 13.6. The molecule has 9 aliphatic heterocycles. The standard InChI is InChI=1S/C62H104N4O45/c1-14-31(78)39(86)44(91)59(96-14)109-51-30(66-18(5)77)57(103-25(12-73)49(51)108-60-45(92)41(88)34(81)21(8-69)100-60)111-53-42(89)35(82)22(9-70)101-62(53)110-52-46(93)61(106-48-24(11-72)102-56(29(38(48)85)65-17(4)76)105-47-23(10-71)97-54(94)27(37(47)84)63-15(2)74)104-26(13-95-58-43(90)40(87)33(80)20(7-68)99-58)50(52)107-55-28(64-16(3)75)36(83)32(79)19(6-67)98-55/h14,19-62,67-73,78-94H,6-13H2,1-5H3,(H,63,74)(H,64,75)(H,65,76)(H,66,77)/t14-,19+,20+,21+,22+,23+,24+,25+,26+,27+,28+,29+,30+,31+,32+,33+,34-,35+,36+,37+,38+,39+,40-,41-,42-,43-,44-,45+,46-,47+,48+,49+,50+,51+,52+,53-,54?,55-,56-,57-,58-,59-,60-,61-,62+/m0/s1. The largest absolute Gasteiger partial charge is 0.394 e. The molecule has 28 N–H and O–H groups in total. The van der Waals surface area contributed by atoms with Gasteiger partial charge in [0.2, 0.25) is 23.6 Å². The summed E-state index contributed by atoms with van der Waals surface area (Å²) in [6, 6.07) is -7.65. The Morgan fingerprint density at radius 3 is 1.07 bits per heavy atom. The third-order valence-electron chi connectivity index (χ3n) is 20.3. The highest BCUT2D eigenvalue weighted by molar-refractivity contribution is 5.74. The summed E-state index contributed by atoms with van der Waals surface area (Å²) in [7, 11) is 0. The summed E-state index contributed by atoms with van der Waals surface area (Å²) < 4.78 is 103. The van der Waals surface area contributed by atoms with Crippen LogP contribution in [-0.2, 0) is 99.7 Å². The van der Waals surface area contributed by atoms with Crippen LogP contribution in [0.4, 0.5) is 0 Å². The average Bonchev–Trinajstić information content (AvgIpc) is 0.740. The third-order valence-corrected chi connectivity index (χ3v) is 20.3. The normalized spacial score (nSPS) is 49.3. The highest BCUT2D eigenvalue weighted by Gasteiger charge is 2.62. The van der Waals surface area contributed by atoms with E-state index in [1.807, 2.05) is 0 Å². The molecule has 9 fully saturated rings. The molecule has 0 aromatic heterocycles. The van der Waals surface area contributed by atoms with Crippen LogP contribution in [0.15, 0.2) is 0 Å². The van der Waals surface area contributed by atoms with Crippen molar-refractivity contribution in [3.63, 3.8) is 0 Å². The van der Waals surface area contributed by atoms with Gasteiger partial charge in [-0.25, -0.2) is 0 Å². The van der Waals surface area contributed by atoms with Crippen LogP contribution in [0, 0.1) is 0 Å². The third kappa shape index (κ3) is 20.2. The molecule has 4 amide bonds. The molecule has 111 heavy (non-hydrogen) atoms. The summed E-state index contributed by atoms with van der Waals surface area (Å²) in [5.74, 6) is -3.73. The van der Waals surface area contributed by atoms with E-state index in [1.165, 1.54) is 6.92 Å². The van der Waals surface area contributed by atoms with Crippen molar-refractivity contribution < 1.29 is 222 Å². The quantitative estimate of drug-likeness (QED) is 0.0346. The molecule has 45 atom stereocenters. The van der Waals surface area contributed by atoms with Gasteiger partial charge in [-0.1, -0.05) is 0 Å². The predicted octanol–water partition coefficient (Wildman–Crippen LogP) is -19.0. The molecule has 49 heteroatoms. The van der Waals surface area contributed by atoms with Crippen molar-refractivity contribution in [3.05, 3.63) is 0 Å². The first-order valence-electron chi connectivity index (χ1n) is 35.5. The van der Waals surface area contributed by atoms with Crippen molar-refractivity contribution in [2.75, 3.05) is 52.9 Å². The number of amides is 4. The molecule has 0 aliphatic carbocycles. The number of ether oxygens (including phenoxy) is 17. The lowest BCUT2D eigenvalue weighted by Gasteiger charge is -2.53. The first-order valence-corrected chi connectivity index (χ1v) is 35.5. The second-order valence-corrected chi connectivity index (χ2v) is 28.1. The zero-order valence-electron chi connectivity index (χ0n) is 59.9. The molecular formula is C62H104N4O45. The molecule has 0 bridgehead atoms. The van der Waals surface area contributed by atoms with Crippen molar-refractivity contribution in [1.82, 2.24) is 21.3 Å². The van der Waals surface area contributed by atoms with Crippen LogP contribution < -0.4 is 21.3 Å². The zero-order chi connectivity index (χ0) is 81.8. The van der Waals surface area contributed by atoms with Gasteiger partial charge in [0.1, 0.15) is 213 Å². The van der Waals surface area contributed by atoms with Gasteiger partial charge >= 0.3 is 0 Å². The van der Waals surface area contributed by atoms with E-state index in [9.17, 15) is 142 Å². The number of aliphatic hydroxyl groups excluding tert-OH is 24.